The van der Waals surface area contributed by atoms with Crippen LogP contribution in [0.2, 0.25) is 0 Å². The van der Waals surface area contributed by atoms with Crippen LogP contribution in [0.4, 0.5) is 0 Å². The van der Waals surface area contributed by atoms with Crippen molar-refractivity contribution in [2.24, 2.45) is 5.92 Å². The molecule has 0 aromatic heterocycles. The Labute approximate surface area is 91.5 Å². The van der Waals surface area contributed by atoms with Crippen molar-refractivity contribution in [3.63, 3.8) is 0 Å². The van der Waals surface area contributed by atoms with E-state index in [1.807, 2.05) is 6.08 Å². The molecule has 3 nitrogen and oxygen atoms in total. The molecular weight excluding hydrogens is 192 g/mol. The lowest BCUT2D eigenvalue weighted by atomic mass is 9.99. The van der Waals surface area contributed by atoms with E-state index in [1.165, 1.54) is 0 Å². The van der Waals surface area contributed by atoms with Gasteiger partial charge in [0.2, 0.25) is 0 Å². The molecular formula is C12H20O3. The van der Waals surface area contributed by atoms with Crippen molar-refractivity contribution in [2.75, 3.05) is 6.61 Å². The Kier molecular flexibility index (Phi) is 7.60. The molecule has 0 bridgehead atoms. The summed E-state index contributed by atoms with van der Waals surface area (Å²) >= 11 is 0. The molecule has 0 N–H and O–H groups in total. The lowest BCUT2D eigenvalue weighted by Gasteiger charge is -2.07. The first-order valence-electron chi connectivity index (χ1n) is 5.38. The summed E-state index contributed by atoms with van der Waals surface area (Å²) in [5.41, 5.74) is 0. The molecule has 0 aromatic rings. The lowest BCUT2D eigenvalue weighted by Crippen LogP contribution is -2.11. The summed E-state index contributed by atoms with van der Waals surface area (Å²) in [7, 11) is 0. The van der Waals surface area contributed by atoms with E-state index < -0.39 is 5.97 Å². The van der Waals surface area contributed by atoms with Crippen LogP contribution in [0.1, 0.15) is 39.5 Å². The minimum Gasteiger partial charge on any atom is -0.466 e. The van der Waals surface area contributed by atoms with E-state index in [0.717, 1.165) is 12.8 Å². The van der Waals surface area contributed by atoms with E-state index in [-0.39, 0.29) is 12.2 Å². The Morgan fingerprint density at radius 2 is 2.13 bits per heavy atom. The zero-order chi connectivity index (χ0) is 11.7. The maximum absolute atomic E-state index is 11.3. The number of esters is 1. The van der Waals surface area contributed by atoms with Crippen molar-refractivity contribution in [2.45, 2.75) is 39.5 Å². The first kappa shape index (κ1) is 13.9. The van der Waals surface area contributed by atoms with E-state index >= 15 is 0 Å². The quantitative estimate of drug-likeness (QED) is 0.353. The topological polar surface area (TPSA) is 43.4 Å². The number of hydrogen-bond donors (Lipinski definition) is 0. The normalized spacial score (nSPS) is 11.9. The molecule has 0 saturated heterocycles. The lowest BCUT2D eigenvalue weighted by molar-refractivity contribution is -0.145. The number of carbonyl (C=O) groups excluding carboxylic acids is 2. The highest BCUT2D eigenvalue weighted by Crippen LogP contribution is 2.11. The first-order valence-corrected chi connectivity index (χ1v) is 5.38. The van der Waals surface area contributed by atoms with Crippen LogP contribution < -0.4 is 0 Å². The highest BCUT2D eigenvalue weighted by molar-refractivity contribution is 5.95. The van der Waals surface area contributed by atoms with Crippen LogP contribution in [0.3, 0.4) is 0 Å². The highest BCUT2D eigenvalue weighted by atomic mass is 16.5. The zero-order valence-electron chi connectivity index (χ0n) is 9.62. The second-order valence-corrected chi connectivity index (χ2v) is 3.69. The Balaban J connectivity index is 3.65. The van der Waals surface area contributed by atoms with Crippen LogP contribution in [0.25, 0.3) is 0 Å². The molecule has 15 heavy (non-hydrogen) atoms. The number of rotatable bonds is 8. The number of allylic oxidation sites excluding steroid dienone is 1. The van der Waals surface area contributed by atoms with Crippen LogP contribution in [0.5, 0.6) is 0 Å². The monoisotopic (exact) mass is 212 g/mol. The molecule has 0 aromatic carbocycles. The highest BCUT2D eigenvalue weighted by Gasteiger charge is 2.11. The van der Waals surface area contributed by atoms with Crippen LogP contribution in [0, 0.1) is 5.92 Å². The van der Waals surface area contributed by atoms with Crippen molar-refractivity contribution in [3.05, 3.63) is 12.7 Å². The predicted octanol–water partition coefficient (Wildman–Crippen LogP) is 2.50. The van der Waals surface area contributed by atoms with E-state index in [9.17, 15) is 9.59 Å². The number of carbonyl (C=O) groups is 2. The summed E-state index contributed by atoms with van der Waals surface area (Å²) in [6.45, 7) is 7.77. The van der Waals surface area contributed by atoms with Gasteiger partial charge < -0.3 is 4.74 Å². The molecule has 1 atom stereocenters. The average molecular weight is 212 g/mol. The minimum absolute atomic E-state index is 0.0376. The minimum atomic E-state index is -0.418. The Hall–Kier alpha value is -1.12. The fourth-order valence-corrected chi connectivity index (χ4v) is 1.27. The van der Waals surface area contributed by atoms with Gasteiger partial charge in [-0.1, -0.05) is 13.0 Å². The van der Waals surface area contributed by atoms with Gasteiger partial charge in [-0.25, -0.2) is 0 Å². The van der Waals surface area contributed by atoms with E-state index in [2.05, 4.69) is 13.5 Å². The summed E-state index contributed by atoms with van der Waals surface area (Å²) in [6.07, 6.45) is 3.93. The van der Waals surface area contributed by atoms with E-state index in [1.54, 1.807) is 6.92 Å². The van der Waals surface area contributed by atoms with Gasteiger partial charge in [-0.2, -0.15) is 0 Å². The van der Waals surface area contributed by atoms with Gasteiger partial charge in [0, 0.05) is 6.42 Å². The molecule has 0 aliphatic heterocycles. The zero-order valence-corrected chi connectivity index (χ0v) is 9.62. The molecule has 0 aliphatic carbocycles. The molecule has 0 aliphatic rings. The molecule has 0 fully saturated rings. The van der Waals surface area contributed by atoms with Crippen molar-refractivity contribution >= 4 is 11.8 Å². The molecule has 0 saturated carbocycles. The summed E-state index contributed by atoms with van der Waals surface area (Å²) in [4.78, 5) is 22.3. The molecule has 0 heterocycles. The van der Waals surface area contributed by atoms with Crippen molar-refractivity contribution in [1.82, 2.24) is 0 Å². The van der Waals surface area contributed by atoms with E-state index in [0.29, 0.717) is 18.9 Å². The van der Waals surface area contributed by atoms with Crippen LogP contribution >= 0.6 is 0 Å². The largest absolute Gasteiger partial charge is 0.466 e. The molecule has 0 radical (unpaired) electrons. The molecule has 0 spiro atoms. The molecule has 1 unspecified atom stereocenters. The summed E-state index contributed by atoms with van der Waals surface area (Å²) in [6, 6.07) is 0. The smallest absolute Gasteiger partial charge is 0.313 e. The van der Waals surface area contributed by atoms with Gasteiger partial charge >= 0.3 is 5.97 Å². The van der Waals surface area contributed by atoms with Gasteiger partial charge in [0.05, 0.1) is 6.61 Å². The number of ether oxygens (including phenoxy) is 1. The first-order chi connectivity index (χ1) is 7.10. The fourth-order valence-electron chi connectivity index (χ4n) is 1.27. The number of hydrogen-bond acceptors (Lipinski definition) is 3. The molecule has 3 heteroatoms. The van der Waals surface area contributed by atoms with Crippen LogP contribution in [-0.4, -0.2) is 18.4 Å². The third-order valence-electron chi connectivity index (χ3n) is 2.13. The van der Waals surface area contributed by atoms with Gasteiger partial charge in [0.15, 0.2) is 0 Å². The summed E-state index contributed by atoms with van der Waals surface area (Å²) in [5.74, 6) is -0.00289. The summed E-state index contributed by atoms with van der Waals surface area (Å²) in [5, 5.41) is 0. The van der Waals surface area contributed by atoms with Gasteiger partial charge in [-0.15, -0.1) is 6.58 Å². The standard InChI is InChI=1S/C12H20O3/c1-4-6-10(3)7-8-11(13)9-12(14)15-5-2/h4,10H,1,5-9H2,2-3H3. The van der Waals surface area contributed by atoms with E-state index in [4.69, 9.17) is 4.74 Å². The van der Waals surface area contributed by atoms with Gasteiger partial charge in [-0.3, -0.25) is 9.59 Å². The van der Waals surface area contributed by atoms with Gasteiger partial charge in [0.25, 0.3) is 0 Å². The van der Waals surface area contributed by atoms with Crippen molar-refractivity contribution < 1.29 is 14.3 Å². The maximum Gasteiger partial charge on any atom is 0.313 e. The third-order valence-corrected chi connectivity index (χ3v) is 2.13. The Bertz CT molecular complexity index is 221. The van der Waals surface area contributed by atoms with Crippen molar-refractivity contribution in [3.8, 4) is 0 Å². The Morgan fingerprint density at radius 3 is 2.67 bits per heavy atom. The molecule has 86 valence electrons. The predicted molar refractivity (Wildman–Crippen MR) is 59.5 cm³/mol. The second-order valence-electron chi connectivity index (χ2n) is 3.69. The molecule has 0 amide bonds. The number of ketones is 1. The number of Topliss-reactive ketones (excluding diaryl/α,β-unsaturated/α-hetero) is 1. The SMILES string of the molecule is C=CCC(C)CCC(=O)CC(=O)OCC. The maximum atomic E-state index is 11.3. The van der Waals surface area contributed by atoms with Gasteiger partial charge in [-0.05, 0) is 25.7 Å². The van der Waals surface area contributed by atoms with Crippen LogP contribution in [-0.2, 0) is 14.3 Å². The molecule has 0 rings (SSSR count). The van der Waals surface area contributed by atoms with Crippen LogP contribution in [0.15, 0.2) is 12.7 Å². The van der Waals surface area contributed by atoms with Gasteiger partial charge in [0.1, 0.15) is 12.2 Å². The average Bonchev–Trinajstić information content (AvgIpc) is 2.15. The summed E-state index contributed by atoms with van der Waals surface area (Å²) < 4.78 is 4.69. The second kappa shape index (κ2) is 8.21. The fraction of sp³-hybridized carbons (Fsp3) is 0.667. The Morgan fingerprint density at radius 1 is 1.47 bits per heavy atom. The third kappa shape index (κ3) is 7.91. The van der Waals surface area contributed by atoms with Crippen molar-refractivity contribution in [1.29, 1.82) is 0 Å².